The standard InChI is InChI=1S/C42H71O13P/c1-3-5-7-9-11-13-14-15-16-17-18-19-20-21-22-23-25-27-29-31-36(44)54-34(32-52-35(43)30-28-26-24-12-10-8-6-4-2)33-53-56(50,51)55-42-40(48)38(46)37(45)39(47)41(42)49/h5,7,11,13,15-16,18-19,21-22,34,37-42,45-49H,3-4,6,8-10,12,14,17,20,23-33H2,1-2H3,(H,50,51)/b7-5-,13-11-,16-15-,19-18-,22-21-. The summed E-state index contributed by atoms with van der Waals surface area (Å²) in [7, 11) is -5.12. The maximum Gasteiger partial charge on any atom is 0.472 e. The van der Waals surface area contributed by atoms with Gasteiger partial charge in [0.05, 0.1) is 6.61 Å². The second-order valence-electron chi connectivity index (χ2n) is 14.1. The maximum absolute atomic E-state index is 12.7. The van der Waals surface area contributed by atoms with E-state index in [0.29, 0.717) is 12.8 Å². The molecule has 6 unspecified atom stereocenters. The van der Waals surface area contributed by atoms with Gasteiger partial charge in [-0.25, -0.2) is 4.57 Å². The number of phosphoric ester groups is 1. The number of unbranched alkanes of at least 4 members (excludes halogenated alkanes) is 10. The summed E-state index contributed by atoms with van der Waals surface area (Å²) in [6.45, 7) is 3.08. The molecule has 0 spiro atoms. The van der Waals surface area contributed by atoms with Crippen LogP contribution in [0.4, 0.5) is 0 Å². The van der Waals surface area contributed by atoms with E-state index in [0.717, 1.165) is 77.0 Å². The first kappa shape index (κ1) is 51.6. The molecule has 1 rings (SSSR count). The number of carbonyl (C=O) groups is 2. The molecular weight excluding hydrogens is 743 g/mol. The van der Waals surface area contributed by atoms with Crippen molar-refractivity contribution in [3.63, 3.8) is 0 Å². The van der Waals surface area contributed by atoms with Gasteiger partial charge >= 0.3 is 19.8 Å². The van der Waals surface area contributed by atoms with Crippen LogP contribution in [0, 0.1) is 0 Å². The molecule has 0 aromatic rings. The number of rotatable bonds is 32. The van der Waals surface area contributed by atoms with Crippen LogP contribution in [0.5, 0.6) is 0 Å². The Morgan fingerprint density at radius 3 is 1.55 bits per heavy atom. The summed E-state index contributed by atoms with van der Waals surface area (Å²) < 4.78 is 33.3. The van der Waals surface area contributed by atoms with E-state index >= 15 is 0 Å². The highest BCUT2D eigenvalue weighted by Crippen LogP contribution is 2.47. The molecule has 0 radical (unpaired) electrons. The molecule has 6 atom stereocenters. The normalized spacial score (nSPS) is 23.5. The molecule has 1 aliphatic carbocycles. The third-order valence-electron chi connectivity index (χ3n) is 9.12. The van der Waals surface area contributed by atoms with Gasteiger partial charge in [0.15, 0.2) is 6.10 Å². The molecule has 0 bridgehead atoms. The Kier molecular flexibility index (Phi) is 29.9. The number of aliphatic hydroxyl groups excluding tert-OH is 5. The van der Waals surface area contributed by atoms with Crippen molar-refractivity contribution in [1.29, 1.82) is 0 Å². The van der Waals surface area contributed by atoms with E-state index in [1.165, 1.54) is 19.3 Å². The van der Waals surface area contributed by atoms with Crippen molar-refractivity contribution >= 4 is 19.8 Å². The lowest BCUT2D eigenvalue weighted by atomic mass is 9.85. The first-order valence-corrected chi connectivity index (χ1v) is 22.1. The first-order chi connectivity index (χ1) is 26.9. The minimum atomic E-state index is -5.12. The van der Waals surface area contributed by atoms with Gasteiger partial charge < -0.3 is 39.9 Å². The second kappa shape index (κ2) is 32.5. The minimum Gasteiger partial charge on any atom is -0.462 e. The predicted octanol–water partition coefficient (Wildman–Crippen LogP) is 6.99. The lowest BCUT2D eigenvalue weighted by Gasteiger charge is -2.41. The quantitative estimate of drug-likeness (QED) is 0.0175. The van der Waals surface area contributed by atoms with Gasteiger partial charge in [0.25, 0.3) is 0 Å². The lowest BCUT2D eigenvalue weighted by Crippen LogP contribution is -2.64. The fourth-order valence-corrected chi connectivity index (χ4v) is 6.75. The van der Waals surface area contributed by atoms with Crippen molar-refractivity contribution in [2.45, 2.75) is 179 Å². The summed E-state index contributed by atoms with van der Waals surface area (Å²) in [6, 6.07) is 0. The van der Waals surface area contributed by atoms with Crippen molar-refractivity contribution in [3.05, 3.63) is 60.8 Å². The highest BCUT2D eigenvalue weighted by molar-refractivity contribution is 7.47. The minimum absolute atomic E-state index is 0.0558. The average molecular weight is 815 g/mol. The van der Waals surface area contributed by atoms with Gasteiger partial charge in [-0.05, 0) is 57.8 Å². The largest absolute Gasteiger partial charge is 0.472 e. The van der Waals surface area contributed by atoms with Crippen LogP contribution in [0.3, 0.4) is 0 Å². The van der Waals surface area contributed by atoms with Gasteiger partial charge in [-0.1, -0.05) is 126 Å². The maximum atomic E-state index is 12.7. The van der Waals surface area contributed by atoms with Crippen molar-refractivity contribution in [2.75, 3.05) is 13.2 Å². The van der Waals surface area contributed by atoms with Crippen LogP contribution < -0.4 is 0 Å². The van der Waals surface area contributed by atoms with Crippen molar-refractivity contribution in [1.82, 2.24) is 0 Å². The zero-order valence-corrected chi connectivity index (χ0v) is 34.5. The SMILES string of the molecule is CC/C=C\C/C=C\C/C=C\C/C=C\C/C=C\CCCCCC(=O)OC(COC(=O)CCCCCCCCCC)COP(=O)(O)OC1C(O)C(O)C(O)C(O)C1O. The summed E-state index contributed by atoms with van der Waals surface area (Å²) in [5.41, 5.74) is 0. The second-order valence-corrected chi connectivity index (χ2v) is 15.5. The molecule has 1 saturated carbocycles. The molecule has 6 N–H and O–H groups in total. The zero-order chi connectivity index (χ0) is 41.4. The van der Waals surface area contributed by atoms with Gasteiger partial charge in [0, 0.05) is 12.8 Å². The first-order valence-electron chi connectivity index (χ1n) is 20.6. The number of aliphatic hydroxyl groups is 5. The summed E-state index contributed by atoms with van der Waals surface area (Å²) in [5, 5.41) is 49.9. The summed E-state index contributed by atoms with van der Waals surface area (Å²) in [6.07, 6.45) is 24.5. The molecule has 13 nitrogen and oxygen atoms in total. The molecule has 322 valence electrons. The van der Waals surface area contributed by atoms with Gasteiger partial charge in [-0.15, -0.1) is 0 Å². The van der Waals surface area contributed by atoms with Gasteiger partial charge in [-0.3, -0.25) is 18.6 Å². The third-order valence-corrected chi connectivity index (χ3v) is 10.1. The Balaban J connectivity index is 2.51. The molecule has 0 saturated heterocycles. The van der Waals surface area contributed by atoms with Crippen LogP contribution in [0.1, 0.15) is 136 Å². The van der Waals surface area contributed by atoms with Crippen LogP contribution in [-0.4, -0.2) is 98.3 Å². The lowest BCUT2D eigenvalue weighted by molar-refractivity contribution is -0.220. The van der Waals surface area contributed by atoms with Crippen LogP contribution in [-0.2, 0) is 32.7 Å². The highest BCUT2D eigenvalue weighted by Gasteiger charge is 2.51. The van der Waals surface area contributed by atoms with Crippen molar-refractivity contribution in [2.24, 2.45) is 0 Å². The van der Waals surface area contributed by atoms with Gasteiger partial charge in [0.2, 0.25) is 0 Å². The zero-order valence-electron chi connectivity index (χ0n) is 33.7. The number of ether oxygens (including phenoxy) is 2. The molecule has 0 aromatic carbocycles. The molecule has 0 amide bonds. The van der Waals surface area contributed by atoms with E-state index in [4.69, 9.17) is 18.5 Å². The Morgan fingerprint density at radius 1 is 0.571 bits per heavy atom. The van der Waals surface area contributed by atoms with E-state index in [1.807, 2.05) is 0 Å². The van der Waals surface area contributed by atoms with Crippen molar-refractivity contribution < 1.29 is 63.1 Å². The number of carbonyl (C=O) groups excluding carboxylic acids is 2. The van der Waals surface area contributed by atoms with Crippen LogP contribution in [0.2, 0.25) is 0 Å². The van der Waals surface area contributed by atoms with Crippen LogP contribution in [0.15, 0.2) is 60.8 Å². The Labute approximate surface area is 334 Å². The fourth-order valence-electron chi connectivity index (χ4n) is 5.78. The van der Waals surface area contributed by atoms with Crippen LogP contribution in [0.25, 0.3) is 0 Å². The Bertz CT molecular complexity index is 1220. The molecule has 1 fully saturated rings. The smallest absolute Gasteiger partial charge is 0.462 e. The predicted molar refractivity (Wildman–Crippen MR) is 216 cm³/mol. The van der Waals surface area contributed by atoms with E-state index in [1.54, 1.807) is 0 Å². The highest BCUT2D eigenvalue weighted by atomic mass is 31.2. The summed E-state index contributed by atoms with van der Waals surface area (Å²) >= 11 is 0. The number of esters is 2. The van der Waals surface area contributed by atoms with E-state index in [2.05, 4.69) is 74.6 Å². The van der Waals surface area contributed by atoms with Crippen molar-refractivity contribution in [3.8, 4) is 0 Å². The van der Waals surface area contributed by atoms with Crippen LogP contribution >= 0.6 is 7.82 Å². The van der Waals surface area contributed by atoms with E-state index in [9.17, 15) is 44.6 Å². The number of phosphoric acid groups is 1. The molecule has 0 aromatic heterocycles. The summed E-state index contributed by atoms with van der Waals surface area (Å²) in [5.74, 6) is -1.15. The molecule has 14 heteroatoms. The molecule has 0 heterocycles. The molecule has 0 aliphatic heterocycles. The van der Waals surface area contributed by atoms with Gasteiger partial charge in [0.1, 0.15) is 43.2 Å². The fraction of sp³-hybridized carbons (Fsp3) is 0.714. The molecule has 56 heavy (non-hydrogen) atoms. The third kappa shape index (κ3) is 25.0. The topological polar surface area (TPSA) is 210 Å². The number of hydrogen-bond acceptors (Lipinski definition) is 12. The Morgan fingerprint density at radius 2 is 1.02 bits per heavy atom. The summed E-state index contributed by atoms with van der Waals surface area (Å²) in [4.78, 5) is 35.4. The number of hydrogen-bond donors (Lipinski definition) is 6. The van der Waals surface area contributed by atoms with E-state index in [-0.39, 0.29) is 12.8 Å². The molecule has 1 aliphatic rings. The number of allylic oxidation sites excluding steroid dienone is 10. The monoisotopic (exact) mass is 814 g/mol. The molecular formula is C42H71O13P. The Hall–Kier alpha value is -2.45. The average Bonchev–Trinajstić information content (AvgIpc) is 3.18. The van der Waals surface area contributed by atoms with E-state index < -0.39 is 75.7 Å². The van der Waals surface area contributed by atoms with Gasteiger partial charge in [-0.2, -0.15) is 0 Å².